The van der Waals surface area contributed by atoms with Crippen LogP contribution in [0.4, 0.5) is 5.69 Å². The summed E-state index contributed by atoms with van der Waals surface area (Å²) in [7, 11) is 0. The number of amides is 1. The summed E-state index contributed by atoms with van der Waals surface area (Å²) in [6, 6.07) is 12.4. The summed E-state index contributed by atoms with van der Waals surface area (Å²) in [4.78, 5) is 12.4. The van der Waals surface area contributed by atoms with Crippen molar-refractivity contribution in [3.8, 4) is 5.75 Å². The summed E-state index contributed by atoms with van der Waals surface area (Å²) < 4.78 is 6.82. The quantitative estimate of drug-likeness (QED) is 0.460. The molecule has 1 N–H and O–H groups in total. The molecule has 2 aromatic carbocycles. The predicted molar refractivity (Wildman–Crippen MR) is 121 cm³/mol. The van der Waals surface area contributed by atoms with E-state index in [1.54, 1.807) is 0 Å². The molecule has 0 aliphatic carbocycles. The van der Waals surface area contributed by atoms with Crippen LogP contribution in [0.15, 0.2) is 40.9 Å². The number of carbonyl (C=O) groups excluding carboxylic acids is 1. The van der Waals surface area contributed by atoms with Crippen LogP contribution < -0.4 is 10.1 Å². The Kier molecular flexibility index (Phi) is 8.11. The highest BCUT2D eigenvalue weighted by Crippen LogP contribution is 2.31. The average molecular weight is 446 g/mol. The Morgan fingerprint density at radius 2 is 1.71 bits per heavy atom. The molecule has 2 aromatic rings. The van der Waals surface area contributed by atoms with Gasteiger partial charge in [0.25, 0.3) is 0 Å². The van der Waals surface area contributed by atoms with E-state index in [0.29, 0.717) is 19.4 Å². The number of benzene rings is 2. The zero-order valence-electron chi connectivity index (χ0n) is 17.7. The molecule has 0 unspecified atom stereocenters. The first-order valence-electron chi connectivity index (χ1n) is 10.1. The number of halogens is 1. The van der Waals surface area contributed by atoms with Gasteiger partial charge in [-0.1, -0.05) is 58.9 Å². The minimum Gasteiger partial charge on any atom is -0.492 e. The molecule has 0 radical (unpaired) electrons. The summed E-state index contributed by atoms with van der Waals surface area (Å²) in [6.07, 6.45) is 2.93. The van der Waals surface area contributed by atoms with Crippen molar-refractivity contribution < 1.29 is 9.53 Å². The Labute approximate surface area is 178 Å². The minimum absolute atomic E-state index is 0.0429. The summed E-state index contributed by atoms with van der Waals surface area (Å²) in [5.41, 5.74) is 4.72. The summed E-state index contributed by atoms with van der Waals surface area (Å²) in [6.45, 7) is 11.3. The fourth-order valence-electron chi connectivity index (χ4n) is 3.10. The van der Waals surface area contributed by atoms with Crippen LogP contribution in [0.5, 0.6) is 5.75 Å². The first-order chi connectivity index (χ1) is 13.3. The molecule has 0 atom stereocenters. The molecule has 1 amide bonds. The molecule has 0 aromatic heterocycles. The highest BCUT2D eigenvalue weighted by molar-refractivity contribution is 9.10. The first-order valence-corrected chi connectivity index (χ1v) is 10.9. The lowest BCUT2D eigenvalue weighted by Gasteiger charge is -2.20. The Balaban J connectivity index is 1.87. The van der Waals surface area contributed by atoms with E-state index >= 15 is 0 Å². The largest absolute Gasteiger partial charge is 0.492 e. The number of nitrogens with one attached hydrogen (secondary N) is 1. The van der Waals surface area contributed by atoms with E-state index in [1.165, 1.54) is 16.7 Å². The van der Waals surface area contributed by atoms with E-state index in [4.69, 9.17) is 4.74 Å². The summed E-state index contributed by atoms with van der Waals surface area (Å²) in [5.74, 6) is 0.861. The molecule has 4 heteroatoms. The van der Waals surface area contributed by atoms with Crippen LogP contribution in [-0.2, 0) is 23.1 Å². The molecule has 0 fully saturated rings. The molecule has 0 saturated heterocycles. The number of anilines is 1. The van der Waals surface area contributed by atoms with Crippen molar-refractivity contribution in [3.63, 3.8) is 0 Å². The maximum Gasteiger partial charge on any atom is 0.224 e. The van der Waals surface area contributed by atoms with E-state index in [-0.39, 0.29) is 11.3 Å². The van der Waals surface area contributed by atoms with E-state index < -0.39 is 0 Å². The number of ether oxygens (including phenoxy) is 1. The fourth-order valence-corrected chi connectivity index (χ4v) is 3.60. The lowest BCUT2D eigenvalue weighted by atomic mass is 9.87. The fraction of sp³-hybridized carbons (Fsp3) is 0.458. The Morgan fingerprint density at radius 3 is 2.25 bits per heavy atom. The smallest absolute Gasteiger partial charge is 0.224 e. The van der Waals surface area contributed by atoms with Gasteiger partial charge < -0.3 is 10.1 Å². The van der Waals surface area contributed by atoms with Gasteiger partial charge in [0.1, 0.15) is 5.75 Å². The first kappa shape index (κ1) is 22.5. The van der Waals surface area contributed by atoms with Crippen molar-refractivity contribution in [3.05, 3.63) is 57.6 Å². The van der Waals surface area contributed by atoms with Crippen LogP contribution in [-0.4, -0.2) is 12.5 Å². The monoisotopic (exact) mass is 445 g/mol. The van der Waals surface area contributed by atoms with Crippen molar-refractivity contribution in [2.24, 2.45) is 0 Å². The third kappa shape index (κ3) is 6.10. The van der Waals surface area contributed by atoms with Crippen LogP contribution in [0, 0.1) is 0 Å². The molecule has 0 saturated carbocycles. The lowest BCUT2D eigenvalue weighted by Crippen LogP contribution is -2.15. The third-order valence-corrected chi connectivity index (χ3v) is 5.49. The molecule has 3 nitrogen and oxygen atoms in total. The number of para-hydroxylation sites is 1. The van der Waals surface area contributed by atoms with Crippen LogP contribution in [0.25, 0.3) is 0 Å². The molecular weight excluding hydrogens is 414 g/mol. The number of carbonyl (C=O) groups is 1. The van der Waals surface area contributed by atoms with E-state index in [1.807, 2.05) is 6.07 Å². The second-order valence-electron chi connectivity index (χ2n) is 8.05. The normalized spacial score (nSPS) is 11.4. The van der Waals surface area contributed by atoms with Gasteiger partial charge in [0.05, 0.1) is 11.1 Å². The van der Waals surface area contributed by atoms with Crippen molar-refractivity contribution in [2.45, 2.75) is 65.7 Å². The SMILES string of the molecule is CCc1cccc(CC)c1NC(=O)CCCOc1ccc(C(C)(C)C)cc1Br. The van der Waals surface area contributed by atoms with Gasteiger partial charge in [-0.3, -0.25) is 4.79 Å². The molecular formula is C24H32BrNO2. The Morgan fingerprint density at radius 1 is 1.07 bits per heavy atom. The van der Waals surface area contributed by atoms with Crippen molar-refractivity contribution in [1.82, 2.24) is 0 Å². The van der Waals surface area contributed by atoms with Gasteiger partial charge >= 0.3 is 0 Å². The van der Waals surface area contributed by atoms with E-state index in [9.17, 15) is 4.79 Å². The highest BCUT2D eigenvalue weighted by Gasteiger charge is 2.15. The molecule has 0 spiro atoms. The predicted octanol–water partition coefficient (Wildman–Crippen LogP) is 6.67. The number of hydrogen-bond acceptors (Lipinski definition) is 2. The van der Waals surface area contributed by atoms with Gasteiger partial charge in [-0.05, 0) is 69.4 Å². The molecule has 0 heterocycles. The summed E-state index contributed by atoms with van der Waals surface area (Å²) in [5, 5.41) is 3.11. The van der Waals surface area contributed by atoms with Gasteiger partial charge in [-0.15, -0.1) is 0 Å². The third-order valence-electron chi connectivity index (χ3n) is 4.87. The van der Waals surface area contributed by atoms with E-state index in [0.717, 1.165) is 28.8 Å². The van der Waals surface area contributed by atoms with Crippen molar-refractivity contribution in [2.75, 3.05) is 11.9 Å². The number of rotatable bonds is 8. The molecule has 0 aliphatic rings. The lowest BCUT2D eigenvalue weighted by molar-refractivity contribution is -0.116. The highest BCUT2D eigenvalue weighted by atomic mass is 79.9. The molecule has 152 valence electrons. The number of aryl methyl sites for hydroxylation is 2. The zero-order chi connectivity index (χ0) is 20.7. The van der Waals surface area contributed by atoms with Gasteiger partial charge in [0.2, 0.25) is 5.91 Å². The zero-order valence-corrected chi connectivity index (χ0v) is 19.3. The van der Waals surface area contributed by atoms with Gasteiger partial charge in [0.15, 0.2) is 0 Å². The summed E-state index contributed by atoms with van der Waals surface area (Å²) >= 11 is 3.59. The number of hydrogen-bond donors (Lipinski definition) is 1. The van der Waals surface area contributed by atoms with Gasteiger partial charge in [-0.25, -0.2) is 0 Å². The van der Waals surface area contributed by atoms with Gasteiger partial charge in [0, 0.05) is 12.1 Å². The standard InChI is InChI=1S/C24H32BrNO2/c1-6-17-10-8-11-18(7-2)23(17)26-22(27)12-9-15-28-21-14-13-19(16-20(21)25)24(3,4)5/h8,10-11,13-14,16H,6-7,9,12,15H2,1-5H3,(H,26,27). The maximum atomic E-state index is 12.4. The van der Waals surface area contributed by atoms with Crippen LogP contribution in [0.1, 0.15) is 64.2 Å². The van der Waals surface area contributed by atoms with E-state index in [2.05, 4.69) is 86.2 Å². The van der Waals surface area contributed by atoms with Gasteiger partial charge in [-0.2, -0.15) is 0 Å². The maximum absolute atomic E-state index is 12.4. The molecule has 0 bridgehead atoms. The van der Waals surface area contributed by atoms with Crippen LogP contribution in [0.3, 0.4) is 0 Å². The Bertz CT molecular complexity index is 786. The topological polar surface area (TPSA) is 38.3 Å². The molecule has 28 heavy (non-hydrogen) atoms. The van der Waals surface area contributed by atoms with Crippen LogP contribution in [0.2, 0.25) is 0 Å². The molecule has 2 rings (SSSR count). The minimum atomic E-state index is 0.0429. The second-order valence-corrected chi connectivity index (χ2v) is 8.91. The van der Waals surface area contributed by atoms with Crippen molar-refractivity contribution >= 4 is 27.5 Å². The Hall–Kier alpha value is -1.81. The van der Waals surface area contributed by atoms with Crippen LogP contribution >= 0.6 is 15.9 Å². The second kappa shape index (κ2) is 10.1. The average Bonchev–Trinajstić information content (AvgIpc) is 2.65. The van der Waals surface area contributed by atoms with Crippen molar-refractivity contribution in [1.29, 1.82) is 0 Å². The molecule has 0 aliphatic heterocycles.